The number of nitrogens with zero attached hydrogens (tertiary/aromatic N) is 1. The molecule has 0 radical (unpaired) electrons. The van der Waals surface area contributed by atoms with Crippen molar-refractivity contribution in [3.63, 3.8) is 0 Å². The topological polar surface area (TPSA) is 86.9 Å². The first-order valence-corrected chi connectivity index (χ1v) is 9.13. The lowest BCUT2D eigenvalue weighted by Gasteiger charge is -2.08. The van der Waals surface area contributed by atoms with Crippen molar-refractivity contribution in [2.45, 2.75) is 31.7 Å². The quantitative estimate of drug-likeness (QED) is 0.589. The van der Waals surface area contributed by atoms with Gasteiger partial charge < -0.3 is 5.32 Å². The second-order valence-electron chi connectivity index (χ2n) is 4.19. The Morgan fingerprint density at radius 3 is 2.74 bits per heavy atom. The van der Waals surface area contributed by atoms with Gasteiger partial charge in [0.25, 0.3) is 0 Å². The van der Waals surface area contributed by atoms with Gasteiger partial charge >= 0.3 is 0 Å². The summed E-state index contributed by atoms with van der Waals surface area (Å²) >= 11 is 1.60. The molecule has 6 nitrogen and oxygen atoms in total. The Hall–Kier alpha value is -0.570. The van der Waals surface area contributed by atoms with Gasteiger partial charge in [-0.3, -0.25) is 5.10 Å². The molecule has 0 aromatic carbocycles. The van der Waals surface area contributed by atoms with Gasteiger partial charge in [-0.05, 0) is 26.1 Å². The van der Waals surface area contributed by atoms with Crippen molar-refractivity contribution in [2.75, 3.05) is 25.1 Å². The lowest BCUT2D eigenvalue weighted by atomic mass is 10.3. The summed E-state index contributed by atoms with van der Waals surface area (Å²) in [6, 6.07) is 0. The number of aryl methyl sites for hydroxylation is 1. The van der Waals surface area contributed by atoms with E-state index in [9.17, 15) is 8.42 Å². The number of aromatic nitrogens is 2. The molecule has 1 heterocycles. The van der Waals surface area contributed by atoms with Gasteiger partial charge in [-0.2, -0.15) is 16.9 Å². The molecule has 0 atom stereocenters. The minimum absolute atomic E-state index is 0.275. The largest absolute Gasteiger partial charge is 0.311 e. The van der Waals surface area contributed by atoms with Crippen molar-refractivity contribution in [3.8, 4) is 0 Å². The van der Waals surface area contributed by atoms with Crippen molar-refractivity contribution >= 4 is 21.8 Å². The Balaban J connectivity index is 2.82. The molecule has 0 aliphatic carbocycles. The highest BCUT2D eigenvalue weighted by molar-refractivity contribution is 7.98. The summed E-state index contributed by atoms with van der Waals surface area (Å²) in [4.78, 5) is 0.275. The highest BCUT2D eigenvalue weighted by atomic mass is 32.2. The first kappa shape index (κ1) is 16.5. The van der Waals surface area contributed by atoms with Crippen LogP contribution >= 0.6 is 11.8 Å². The summed E-state index contributed by atoms with van der Waals surface area (Å²) in [5.74, 6) is 0.750. The van der Waals surface area contributed by atoms with Gasteiger partial charge in [0.05, 0.1) is 11.4 Å². The van der Waals surface area contributed by atoms with Gasteiger partial charge in [-0.1, -0.05) is 6.92 Å². The molecule has 0 aliphatic rings. The Bertz CT molecular complexity index is 485. The molecule has 0 saturated carbocycles. The summed E-state index contributed by atoms with van der Waals surface area (Å²) < 4.78 is 27.1. The predicted octanol–water partition coefficient (Wildman–Crippen LogP) is 0.859. The zero-order chi connectivity index (χ0) is 14.3. The summed E-state index contributed by atoms with van der Waals surface area (Å²) in [6.45, 7) is 5.50. The van der Waals surface area contributed by atoms with Gasteiger partial charge in [0.15, 0.2) is 0 Å². The van der Waals surface area contributed by atoms with E-state index in [0.29, 0.717) is 24.5 Å². The Morgan fingerprint density at radius 2 is 2.11 bits per heavy atom. The minimum atomic E-state index is -3.48. The molecular formula is C11H22N4O2S2. The lowest BCUT2D eigenvalue weighted by molar-refractivity contribution is 0.580. The third-order valence-electron chi connectivity index (χ3n) is 2.55. The van der Waals surface area contributed by atoms with Crippen LogP contribution in [0.3, 0.4) is 0 Å². The molecule has 0 bridgehead atoms. The Morgan fingerprint density at radius 1 is 1.37 bits per heavy atom. The van der Waals surface area contributed by atoms with Crippen LogP contribution in [0.2, 0.25) is 0 Å². The van der Waals surface area contributed by atoms with Gasteiger partial charge in [-0.15, -0.1) is 0 Å². The summed E-state index contributed by atoms with van der Waals surface area (Å²) in [7, 11) is -3.48. The molecule has 1 aromatic rings. The van der Waals surface area contributed by atoms with Gasteiger partial charge in [0.1, 0.15) is 4.90 Å². The average Bonchev–Trinajstić information content (AvgIpc) is 2.72. The molecule has 19 heavy (non-hydrogen) atoms. The predicted molar refractivity (Wildman–Crippen MR) is 78.9 cm³/mol. The normalized spacial score (nSPS) is 11.9. The van der Waals surface area contributed by atoms with E-state index < -0.39 is 10.0 Å². The molecule has 0 unspecified atom stereocenters. The number of H-pyrrole nitrogens is 1. The molecule has 110 valence electrons. The maximum atomic E-state index is 12.2. The smallest absolute Gasteiger partial charge is 0.244 e. The molecule has 8 heteroatoms. The van der Waals surface area contributed by atoms with Crippen molar-refractivity contribution in [2.24, 2.45) is 0 Å². The van der Waals surface area contributed by atoms with Crippen LogP contribution in [-0.4, -0.2) is 43.7 Å². The Labute approximate surface area is 119 Å². The molecule has 0 amide bonds. The summed E-state index contributed by atoms with van der Waals surface area (Å²) in [5, 5.41) is 9.98. The molecule has 0 spiro atoms. The van der Waals surface area contributed by atoms with E-state index in [0.717, 1.165) is 18.7 Å². The van der Waals surface area contributed by atoms with Gasteiger partial charge in [0.2, 0.25) is 10.0 Å². The van der Waals surface area contributed by atoms with Crippen LogP contribution in [-0.2, 0) is 16.6 Å². The maximum absolute atomic E-state index is 12.2. The molecule has 0 saturated heterocycles. The number of nitrogens with one attached hydrogen (secondary N) is 3. The van der Waals surface area contributed by atoms with Gasteiger partial charge in [0, 0.05) is 18.8 Å². The van der Waals surface area contributed by atoms with E-state index in [2.05, 4.69) is 27.2 Å². The number of thioether (sulfide) groups is 1. The number of hydrogen-bond donors (Lipinski definition) is 3. The van der Waals surface area contributed by atoms with E-state index >= 15 is 0 Å². The summed E-state index contributed by atoms with van der Waals surface area (Å²) in [5.41, 5.74) is 1.12. The van der Waals surface area contributed by atoms with Crippen LogP contribution in [0.15, 0.2) is 4.90 Å². The molecule has 0 aliphatic heterocycles. The first-order valence-electron chi connectivity index (χ1n) is 6.26. The summed E-state index contributed by atoms with van der Waals surface area (Å²) in [6.07, 6.45) is 2.94. The highest BCUT2D eigenvalue weighted by Crippen LogP contribution is 2.17. The standard InChI is InChI=1S/C11H22N4O2S2/c1-4-5-12-8-10-11(9(2)14-15-10)19(16,17)13-6-7-18-3/h12-13H,4-8H2,1-3H3,(H,14,15). The molecule has 1 rings (SSSR count). The lowest BCUT2D eigenvalue weighted by Crippen LogP contribution is -2.28. The van der Waals surface area contributed by atoms with E-state index in [-0.39, 0.29) is 4.90 Å². The fraction of sp³-hybridized carbons (Fsp3) is 0.727. The van der Waals surface area contributed by atoms with E-state index in [4.69, 9.17) is 0 Å². The van der Waals surface area contributed by atoms with Crippen LogP contribution in [0.5, 0.6) is 0 Å². The third-order valence-corrected chi connectivity index (χ3v) is 4.82. The average molecular weight is 306 g/mol. The van der Waals surface area contributed by atoms with E-state index in [1.165, 1.54) is 0 Å². The molecule has 0 fully saturated rings. The van der Waals surface area contributed by atoms with Crippen LogP contribution < -0.4 is 10.0 Å². The fourth-order valence-corrected chi connectivity index (χ4v) is 3.51. The maximum Gasteiger partial charge on any atom is 0.244 e. The van der Waals surface area contributed by atoms with Crippen LogP contribution in [0.25, 0.3) is 0 Å². The fourth-order valence-electron chi connectivity index (χ4n) is 1.68. The third kappa shape index (κ3) is 4.79. The van der Waals surface area contributed by atoms with Crippen molar-refractivity contribution in [1.29, 1.82) is 0 Å². The highest BCUT2D eigenvalue weighted by Gasteiger charge is 2.23. The number of aromatic amines is 1. The molecule has 1 aromatic heterocycles. The van der Waals surface area contributed by atoms with Crippen LogP contribution in [0.1, 0.15) is 24.7 Å². The number of sulfonamides is 1. The van der Waals surface area contributed by atoms with E-state index in [1.807, 2.05) is 6.26 Å². The zero-order valence-corrected chi connectivity index (χ0v) is 13.2. The first-order chi connectivity index (χ1) is 9.03. The van der Waals surface area contributed by atoms with Crippen LogP contribution in [0.4, 0.5) is 0 Å². The van der Waals surface area contributed by atoms with Gasteiger partial charge in [-0.25, -0.2) is 13.1 Å². The number of rotatable bonds is 9. The van der Waals surface area contributed by atoms with Crippen molar-refractivity contribution in [3.05, 3.63) is 11.4 Å². The molecular weight excluding hydrogens is 284 g/mol. The SMILES string of the molecule is CCCNCc1n[nH]c(C)c1S(=O)(=O)NCCSC. The monoisotopic (exact) mass is 306 g/mol. The van der Waals surface area contributed by atoms with Crippen molar-refractivity contribution < 1.29 is 8.42 Å². The molecule has 3 N–H and O–H groups in total. The minimum Gasteiger partial charge on any atom is -0.311 e. The Kier molecular flexibility index (Phi) is 6.84. The second-order valence-corrected chi connectivity index (χ2v) is 6.88. The van der Waals surface area contributed by atoms with Crippen molar-refractivity contribution in [1.82, 2.24) is 20.2 Å². The van der Waals surface area contributed by atoms with E-state index in [1.54, 1.807) is 18.7 Å². The van der Waals surface area contributed by atoms with Crippen LogP contribution in [0, 0.1) is 6.92 Å². The zero-order valence-electron chi connectivity index (χ0n) is 11.6. The number of hydrogen-bond acceptors (Lipinski definition) is 5. The second kappa shape index (κ2) is 7.88.